The van der Waals surface area contributed by atoms with Crippen LogP contribution in [0.25, 0.3) is 0 Å². The lowest BCUT2D eigenvalue weighted by Crippen LogP contribution is -2.04. The number of halogens is 3. The topological polar surface area (TPSA) is 30.5 Å². The molecule has 0 fully saturated rings. The van der Waals surface area contributed by atoms with Crippen LogP contribution in [-0.2, 0) is 13.2 Å². The highest BCUT2D eigenvalue weighted by Gasteiger charge is 2.14. The predicted octanol–water partition coefficient (Wildman–Crippen LogP) is 7.03. The smallest absolute Gasteiger partial charge is 0.180 e. The molecule has 3 aromatic rings. The van der Waals surface area contributed by atoms with Gasteiger partial charge in [-0.3, -0.25) is 0 Å². The van der Waals surface area contributed by atoms with Gasteiger partial charge in [-0.15, -0.1) is 0 Å². The highest BCUT2D eigenvalue weighted by molar-refractivity contribution is 6.32. The molecule has 3 aromatic carbocycles. The van der Waals surface area contributed by atoms with E-state index in [2.05, 4.69) is 24.4 Å². The molecular weight excluding hydrogens is 412 g/mol. The second kappa shape index (κ2) is 9.86. The van der Waals surface area contributed by atoms with Crippen molar-refractivity contribution in [1.29, 1.82) is 0 Å². The van der Waals surface area contributed by atoms with Gasteiger partial charge in [-0.05, 0) is 55.8 Å². The van der Waals surface area contributed by atoms with Gasteiger partial charge in [0, 0.05) is 17.8 Å². The van der Waals surface area contributed by atoms with Crippen LogP contribution in [0.1, 0.15) is 23.6 Å². The van der Waals surface area contributed by atoms with Crippen LogP contribution in [0.4, 0.5) is 10.1 Å². The fourth-order valence-electron chi connectivity index (χ4n) is 2.79. The monoisotopic (exact) mass is 433 g/mol. The van der Waals surface area contributed by atoms with Crippen LogP contribution in [0.15, 0.2) is 54.6 Å². The van der Waals surface area contributed by atoms with Crippen LogP contribution in [0.5, 0.6) is 11.5 Å². The number of nitrogens with one attached hydrogen (secondary N) is 1. The molecule has 0 aromatic heterocycles. The van der Waals surface area contributed by atoms with Gasteiger partial charge in [-0.1, -0.05) is 47.0 Å². The molecule has 29 heavy (non-hydrogen) atoms. The van der Waals surface area contributed by atoms with Crippen molar-refractivity contribution < 1.29 is 13.9 Å². The molecule has 152 valence electrons. The maximum Gasteiger partial charge on any atom is 0.180 e. The molecule has 0 heterocycles. The van der Waals surface area contributed by atoms with E-state index in [4.69, 9.17) is 32.7 Å². The standard InChI is InChI=1S/C23H22Cl2FNO2/c1-3-28-22-11-16(13-27-19-8-4-15(2)5-9-19)10-21(25)23(22)29-14-17-6-7-18(26)12-20(17)24/h4-12,27H,3,13-14H2,1-2H3. The third-order valence-electron chi connectivity index (χ3n) is 4.30. The summed E-state index contributed by atoms with van der Waals surface area (Å²) >= 11 is 12.6. The largest absolute Gasteiger partial charge is 0.490 e. The lowest BCUT2D eigenvalue weighted by molar-refractivity contribution is 0.269. The molecule has 0 aliphatic rings. The first kappa shape index (κ1) is 21.3. The molecule has 0 spiro atoms. The Morgan fingerprint density at radius 3 is 2.38 bits per heavy atom. The van der Waals surface area contributed by atoms with Gasteiger partial charge < -0.3 is 14.8 Å². The number of aryl methyl sites for hydroxylation is 1. The van der Waals surface area contributed by atoms with Crippen molar-refractivity contribution in [2.24, 2.45) is 0 Å². The van der Waals surface area contributed by atoms with Crippen molar-refractivity contribution in [3.63, 3.8) is 0 Å². The highest BCUT2D eigenvalue weighted by atomic mass is 35.5. The van der Waals surface area contributed by atoms with Gasteiger partial charge in [-0.2, -0.15) is 0 Å². The molecular formula is C23H22Cl2FNO2. The predicted molar refractivity (Wildman–Crippen MR) is 117 cm³/mol. The molecule has 0 radical (unpaired) electrons. The van der Waals surface area contributed by atoms with E-state index in [0.29, 0.717) is 40.3 Å². The van der Waals surface area contributed by atoms with Crippen molar-refractivity contribution >= 4 is 28.9 Å². The van der Waals surface area contributed by atoms with Gasteiger partial charge in [0.2, 0.25) is 0 Å². The Bertz CT molecular complexity index is 977. The summed E-state index contributed by atoms with van der Waals surface area (Å²) in [7, 11) is 0. The summed E-state index contributed by atoms with van der Waals surface area (Å²) < 4.78 is 24.8. The van der Waals surface area contributed by atoms with E-state index in [-0.39, 0.29) is 6.61 Å². The van der Waals surface area contributed by atoms with Crippen LogP contribution in [0.2, 0.25) is 10.0 Å². The summed E-state index contributed by atoms with van der Waals surface area (Å²) in [6.45, 7) is 5.16. The van der Waals surface area contributed by atoms with Crippen molar-refractivity contribution in [1.82, 2.24) is 0 Å². The molecule has 6 heteroatoms. The van der Waals surface area contributed by atoms with E-state index in [1.54, 1.807) is 6.07 Å². The first-order chi connectivity index (χ1) is 14.0. The van der Waals surface area contributed by atoms with E-state index < -0.39 is 5.82 Å². The average Bonchev–Trinajstić information content (AvgIpc) is 2.68. The third kappa shape index (κ3) is 5.78. The quantitative estimate of drug-likeness (QED) is 0.413. The zero-order valence-corrected chi connectivity index (χ0v) is 17.8. The molecule has 0 atom stereocenters. The van der Waals surface area contributed by atoms with Crippen LogP contribution in [0, 0.1) is 12.7 Å². The molecule has 3 nitrogen and oxygen atoms in total. The Labute approximate surface area is 180 Å². The van der Waals surface area contributed by atoms with Crippen LogP contribution in [-0.4, -0.2) is 6.61 Å². The van der Waals surface area contributed by atoms with Gasteiger partial charge in [0.15, 0.2) is 11.5 Å². The van der Waals surface area contributed by atoms with Gasteiger partial charge in [-0.25, -0.2) is 4.39 Å². The molecule has 1 N–H and O–H groups in total. The number of hydrogen-bond donors (Lipinski definition) is 1. The minimum atomic E-state index is -0.391. The molecule has 0 aliphatic carbocycles. The number of ether oxygens (including phenoxy) is 2. The first-order valence-corrected chi connectivity index (χ1v) is 10.0. The molecule has 0 saturated heterocycles. The van der Waals surface area contributed by atoms with E-state index in [1.165, 1.54) is 17.7 Å². The minimum Gasteiger partial charge on any atom is -0.490 e. The zero-order valence-electron chi connectivity index (χ0n) is 16.3. The van der Waals surface area contributed by atoms with Crippen LogP contribution >= 0.6 is 23.2 Å². The van der Waals surface area contributed by atoms with Gasteiger partial charge in [0.1, 0.15) is 12.4 Å². The van der Waals surface area contributed by atoms with E-state index >= 15 is 0 Å². The Hall–Kier alpha value is -2.43. The molecule has 0 bridgehead atoms. The van der Waals surface area contributed by atoms with Gasteiger partial charge in [0.25, 0.3) is 0 Å². The summed E-state index contributed by atoms with van der Waals surface area (Å²) in [5.74, 6) is 0.601. The number of anilines is 1. The molecule has 0 aliphatic heterocycles. The maximum atomic E-state index is 13.2. The maximum absolute atomic E-state index is 13.2. The highest BCUT2D eigenvalue weighted by Crippen LogP contribution is 2.38. The van der Waals surface area contributed by atoms with Crippen LogP contribution < -0.4 is 14.8 Å². The Morgan fingerprint density at radius 2 is 1.69 bits per heavy atom. The summed E-state index contributed by atoms with van der Waals surface area (Å²) in [6, 6.07) is 16.1. The first-order valence-electron chi connectivity index (χ1n) is 9.28. The van der Waals surface area contributed by atoms with Crippen molar-refractivity contribution in [2.75, 3.05) is 11.9 Å². The molecule has 0 amide bonds. The summed E-state index contributed by atoms with van der Waals surface area (Å²) in [6.07, 6.45) is 0. The van der Waals surface area contributed by atoms with Crippen LogP contribution in [0.3, 0.4) is 0 Å². The molecule has 0 saturated carbocycles. The van der Waals surface area contributed by atoms with Crippen molar-refractivity contribution in [3.05, 3.63) is 87.2 Å². The Morgan fingerprint density at radius 1 is 0.931 bits per heavy atom. The number of rotatable bonds is 8. The fourth-order valence-corrected chi connectivity index (χ4v) is 3.30. The number of benzene rings is 3. The Balaban J connectivity index is 1.75. The van der Waals surface area contributed by atoms with Gasteiger partial charge in [0.05, 0.1) is 16.7 Å². The Kier molecular flexibility index (Phi) is 7.24. The lowest BCUT2D eigenvalue weighted by Gasteiger charge is -2.16. The summed E-state index contributed by atoms with van der Waals surface area (Å²) in [4.78, 5) is 0. The second-order valence-corrected chi connectivity index (χ2v) is 7.40. The minimum absolute atomic E-state index is 0.153. The molecule has 0 unspecified atom stereocenters. The van der Waals surface area contributed by atoms with E-state index in [1.807, 2.05) is 31.2 Å². The number of hydrogen-bond acceptors (Lipinski definition) is 3. The van der Waals surface area contributed by atoms with Gasteiger partial charge >= 0.3 is 0 Å². The average molecular weight is 434 g/mol. The second-order valence-electron chi connectivity index (χ2n) is 6.58. The van der Waals surface area contributed by atoms with Crippen molar-refractivity contribution in [2.45, 2.75) is 27.0 Å². The fraction of sp³-hybridized carbons (Fsp3) is 0.217. The van der Waals surface area contributed by atoms with E-state index in [0.717, 1.165) is 11.3 Å². The normalized spacial score (nSPS) is 10.7. The molecule has 3 rings (SSSR count). The lowest BCUT2D eigenvalue weighted by atomic mass is 10.1. The summed E-state index contributed by atoms with van der Waals surface area (Å²) in [5.41, 5.74) is 3.86. The summed E-state index contributed by atoms with van der Waals surface area (Å²) in [5, 5.41) is 4.11. The zero-order chi connectivity index (χ0) is 20.8. The third-order valence-corrected chi connectivity index (χ3v) is 4.94. The SMILES string of the molecule is CCOc1cc(CNc2ccc(C)cc2)cc(Cl)c1OCc1ccc(F)cc1Cl. The van der Waals surface area contributed by atoms with Crippen molar-refractivity contribution in [3.8, 4) is 11.5 Å². The van der Waals surface area contributed by atoms with E-state index in [9.17, 15) is 4.39 Å².